The molecule has 0 bridgehead atoms. The molecule has 1 aromatic rings. The first-order valence-corrected chi connectivity index (χ1v) is 4.72. The minimum atomic E-state index is -4.73. The van der Waals surface area contributed by atoms with Crippen LogP contribution >= 0.6 is 27.5 Å². The standard InChI is InChI=1S/C7H4BrClF3NO/c8-6-4(3-9)1-2-5(13-6)14-7(10,11)12/h1-2H,3H2. The molecule has 0 unspecified atom stereocenters. The molecule has 1 aromatic heterocycles. The third kappa shape index (κ3) is 3.34. The average Bonchev–Trinajstić information content (AvgIpc) is 2.01. The van der Waals surface area contributed by atoms with Gasteiger partial charge in [0.15, 0.2) is 0 Å². The van der Waals surface area contributed by atoms with Gasteiger partial charge in [0, 0.05) is 11.6 Å². The van der Waals surface area contributed by atoms with Crippen LogP contribution < -0.4 is 4.74 Å². The fourth-order valence-corrected chi connectivity index (χ4v) is 1.55. The van der Waals surface area contributed by atoms with Crippen molar-refractivity contribution >= 4 is 27.5 Å². The molecule has 0 radical (unpaired) electrons. The zero-order valence-electron chi connectivity index (χ0n) is 6.61. The normalized spacial score (nSPS) is 11.5. The molecule has 14 heavy (non-hydrogen) atoms. The lowest BCUT2D eigenvalue weighted by Crippen LogP contribution is -2.18. The van der Waals surface area contributed by atoms with Gasteiger partial charge in [-0.15, -0.1) is 24.8 Å². The molecule has 0 spiro atoms. The van der Waals surface area contributed by atoms with Crippen LogP contribution in [0.25, 0.3) is 0 Å². The molecule has 1 rings (SSSR count). The largest absolute Gasteiger partial charge is 0.574 e. The van der Waals surface area contributed by atoms with E-state index in [9.17, 15) is 13.2 Å². The molecule has 0 N–H and O–H groups in total. The fraction of sp³-hybridized carbons (Fsp3) is 0.286. The number of aromatic nitrogens is 1. The molecule has 0 aliphatic carbocycles. The van der Waals surface area contributed by atoms with E-state index in [-0.39, 0.29) is 10.5 Å². The molecule has 7 heteroatoms. The third-order valence-corrected chi connectivity index (χ3v) is 2.24. The van der Waals surface area contributed by atoms with Gasteiger partial charge < -0.3 is 4.74 Å². The predicted octanol–water partition coefficient (Wildman–Crippen LogP) is 3.48. The van der Waals surface area contributed by atoms with Crippen molar-refractivity contribution in [2.24, 2.45) is 0 Å². The van der Waals surface area contributed by atoms with Gasteiger partial charge in [0.05, 0.1) is 5.88 Å². The molecule has 0 saturated carbocycles. The smallest absolute Gasteiger partial charge is 0.388 e. The van der Waals surface area contributed by atoms with Crippen molar-refractivity contribution in [1.82, 2.24) is 4.98 Å². The minimum Gasteiger partial charge on any atom is -0.388 e. The van der Waals surface area contributed by atoms with Crippen LogP contribution in [-0.4, -0.2) is 11.3 Å². The summed E-state index contributed by atoms with van der Waals surface area (Å²) in [6.45, 7) is 0. The molecule has 0 atom stereocenters. The van der Waals surface area contributed by atoms with E-state index in [4.69, 9.17) is 11.6 Å². The third-order valence-electron chi connectivity index (χ3n) is 1.26. The Labute approximate surface area is 91.2 Å². The summed E-state index contributed by atoms with van der Waals surface area (Å²) in [7, 11) is 0. The second-order valence-corrected chi connectivity index (χ2v) is 3.30. The molecule has 2 nitrogen and oxygen atoms in total. The zero-order chi connectivity index (χ0) is 10.8. The molecular weight excluding hydrogens is 286 g/mol. The van der Waals surface area contributed by atoms with Gasteiger partial charge in [0.25, 0.3) is 0 Å². The highest BCUT2D eigenvalue weighted by Gasteiger charge is 2.31. The van der Waals surface area contributed by atoms with E-state index < -0.39 is 12.2 Å². The lowest BCUT2D eigenvalue weighted by Gasteiger charge is -2.08. The van der Waals surface area contributed by atoms with Crippen LogP contribution in [-0.2, 0) is 5.88 Å². The van der Waals surface area contributed by atoms with Gasteiger partial charge in [0.1, 0.15) is 4.60 Å². The van der Waals surface area contributed by atoms with Crippen LogP contribution in [0.15, 0.2) is 16.7 Å². The van der Waals surface area contributed by atoms with E-state index in [0.717, 1.165) is 6.07 Å². The Kier molecular flexibility index (Phi) is 3.60. The number of ether oxygens (including phenoxy) is 1. The molecular formula is C7H4BrClF3NO. The first kappa shape index (κ1) is 11.6. The number of hydrogen-bond acceptors (Lipinski definition) is 2. The average molecular weight is 290 g/mol. The number of nitrogens with zero attached hydrogens (tertiary/aromatic N) is 1. The summed E-state index contributed by atoms with van der Waals surface area (Å²) < 4.78 is 39.1. The first-order valence-electron chi connectivity index (χ1n) is 3.39. The second-order valence-electron chi connectivity index (χ2n) is 2.28. The number of hydrogen-bond donors (Lipinski definition) is 0. The van der Waals surface area contributed by atoms with Crippen LogP contribution in [0.3, 0.4) is 0 Å². The molecule has 0 saturated heterocycles. The van der Waals surface area contributed by atoms with E-state index in [1.54, 1.807) is 0 Å². The Morgan fingerprint density at radius 2 is 2.07 bits per heavy atom. The van der Waals surface area contributed by atoms with E-state index in [2.05, 4.69) is 25.7 Å². The first-order chi connectivity index (χ1) is 6.42. The van der Waals surface area contributed by atoms with Crippen molar-refractivity contribution in [3.05, 3.63) is 22.3 Å². The van der Waals surface area contributed by atoms with E-state index in [1.807, 2.05) is 0 Å². The van der Waals surface area contributed by atoms with Gasteiger partial charge in [-0.3, -0.25) is 0 Å². The Hall–Kier alpha value is -0.490. The SMILES string of the molecule is FC(F)(F)Oc1ccc(CCl)c(Br)n1. The van der Waals surface area contributed by atoms with E-state index in [1.165, 1.54) is 6.07 Å². The predicted molar refractivity (Wildman–Crippen MR) is 48.2 cm³/mol. The van der Waals surface area contributed by atoms with Crippen molar-refractivity contribution in [2.45, 2.75) is 12.2 Å². The maximum Gasteiger partial charge on any atom is 0.574 e. The summed E-state index contributed by atoms with van der Waals surface area (Å²) in [6, 6.07) is 2.51. The highest BCUT2D eigenvalue weighted by atomic mass is 79.9. The van der Waals surface area contributed by atoms with Crippen LogP contribution in [0.2, 0.25) is 0 Å². The van der Waals surface area contributed by atoms with Crippen LogP contribution in [0.4, 0.5) is 13.2 Å². The quantitative estimate of drug-likeness (QED) is 0.614. The second kappa shape index (κ2) is 4.35. The molecule has 0 aliphatic heterocycles. The van der Waals surface area contributed by atoms with Crippen LogP contribution in [0, 0.1) is 0 Å². The van der Waals surface area contributed by atoms with Gasteiger partial charge in [-0.05, 0) is 22.0 Å². The lowest BCUT2D eigenvalue weighted by molar-refractivity contribution is -0.276. The van der Waals surface area contributed by atoms with Crippen LogP contribution in [0.5, 0.6) is 5.88 Å². The molecule has 1 heterocycles. The molecule has 78 valence electrons. The Balaban J connectivity index is 2.87. The van der Waals surface area contributed by atoms with Gasteiger partial charge >= 0.3 is 6.36 Å². The Morgan fingerprint density at radius 1 is 1.43 bits per heavy atom. The number of alkyl halides is 4. The Morgan fingerprint density at radius 3 is 2.50 bits per heavy atom. The van der Waals surface area contributed by atoms with E-state index in [0.29, 0.717) is 5.56 Å². The molecule has 0 amide bonds. The lowest BCUT2D eigenvalue weighted by atomic mass is 10.3. The van der Waals surface area contributed by atoms with Gasteiger partial charge in [0.2, 0.25) is 5.88 Å². The number of halogens is 5. The number of rotatable bonds is 2. The maximum absolute atomic E-state index is 11.8. The molecule has 0 aromatic carbocycles. The minimum absolute atomic E-state index is 0.167. The van der Waals surface area contributed by atoms with Crippen molar-refractivity contribution in [1.29, 1.82) is 0 Å². The highest BCUT2D eigenvalue weighted by Crippen LogP contribution is 2.24. The summed E-state index contributed by atoms with van der Waals surface area (Å²) in [5, 5.41) is 0. The summed E-state index contributed by atoms with van der Waals surface area (Å²) >= 11 is 8.46. The zero-order valence-corrected chi connectivity index (χ0v) is 8.95. The fourth-order valence-electron chi connectivity index (χ4n) is 0.722. The Bertz CT molecular complexity index is 331. The summed E-state index contributed by atoms with van der Waals surface area (Å²) in [6.07, 6.45) is -4.73. The van der Waals surface area contributed by atoms with E-state index >= 15 is 0 Å². The topological polar surface area (TPSA) is 22.1 Å². The van der Waals surface area contributed by atoms with Gasteiger partial charge in [-0.2, -0.15) is 0 Å². The molecule has 0 aliphatic rings. The molecule has 0 fully saturated rings. The van der Waals surface area contributed by atoms with Crippen molar-refractivity contribution < 1.29 is 17.9 Å². The maximum atomic E-state index is 11.8. The van der Waals surface area contributed by atoms with Crippen LogP contribution in [0.1, 0.15) is 5.56 Å². The number of pyridine rings is 1. The van der Waals surface area contributed by atoms with Gasteiger partial charge in [-0.1, -0.05) is 0 Å². The summed E-state index contributed by atoms with van der Waals surface area (Å²) in [5.41, 5.74) is 0.598. The summed E-state index contributed by atoms with van der Waals surface area (Å²) in [4.78, 5) is 3.52. The summed E-state index contributed by atoms with van der Waals surface area (Å²) in [5.74, 6) is -0.349. The van der Waals surface area contributed by atoms with Crippen molar-refractivity contribution in [3.8, 4) is 5.88 Å². The highest BCUT2D eigenvalue weighted by molar-refractivity contribution is 9.10. The monoisotopic (exact) mass is 289 g/mol. The van der Waals surface area contributed by atoms with Crippen molar-refractivity contribution in [2.75, 3.05) is 0 Å². The van der Waals surface area contributed by atoms with Gasteiger partial charge in [-0.25, -0.2) is 4.98 Å². The van der Waals surface area contributed by atoms with Crippen molar-refractivity contribution in [3.63, 3.8) is 0 Å².